The van der Waals surface area contributed by atoms with Crippen molar-refractivity contribution in [3.05, 3.63) is 138 Å². The fraction of sp³-hybridized carbons (Fsp3) is 0.235. The largest absolute Gasteiger partial charge is 2.00 e. The molecule has 1 aliphatic rings. The minimum absolute atomic E-state index is 0. The molecule has 0 bridgehead atoms. The average molecular weight is 623 g/mol. The molecule has 4 aromatic carbocycles. The maximum Gasteiger partial charge on any atom is 2.00 e. The van der Waals surface area contributed by atoms with Crippen LogP contribution in [0.1, 0.15) is 46.0 Å². The molecule has 0 aliphatic carbocycles. The molecule has 1 N–H and O–H groups in total. The Morgan fingerprint density at radius 1 is 0.837 bits per heavy atom. The van der Waals surface area contributed by atoms with Gasteiger partial charge in [0.15, 0.2) is 23.1 Å². The van der Waals surface area contributed by atoms with Crippen molar-refractivity contribution in [2.45, 2.75) is 25.4 Å². The SMILES string of the molecule is C1CCOC1.COc1cc(C(O)Cc2ccccc2)ccc1F.COc1cc(C=O)ccc1F.[CH2-]c1ccccc1.[Cl-].[Mg+2]. The topological polar surface area (TPSA) is 65.0 Å². The van der Waals surface area contributed by atoms with Crippen molar-refractivity contribution in [3.63, 3.8) is 0 Å². The number of carbonyl (C=O) groups is 1. The third-order valence-electron chi connectivity index (χ3n) is 5.81. The molecule has 4 aromatic rings. The number of aliphatic hydroxyl groups excluding tert-OH is 1. The van der Waals surface area contributed by atoms with E-state index in [1.165, 1.54) is 57.4 Å². The molecule has 9 heteroatoms. The van der Waals surface area contributed by atoms with Gasteiger partial charge in [0.25, 0.3) is 0 Å². The Bertz CT molecular complexity index is 1290. The van der Waals surface area contributed by atoms with E-state index in [0.29, 0.717) is 23.8 Å². The predicted molar refractivity (Wildman–Crippen MR) is 163 cm³/mol. The molecule has 5 rings (SSSR count). The van der Waals surface area contributed by atoms with Crippen LogP contribution in [0.4, 0.5) is 8.78 Å². The summed E-state index contributed by atoms with van der Waals surface area (Å²) in [5.74, 6) is -0.638. The number of halogens is 3. The molecule has 1 unspecified atom stereocenters. The van der Waals surface area contributed by atoms with E-state index < -0.39 is 17.7 Å². The molecular formula is C34H37ClF2MgO5. The molecular weight excluding hydrogens is 586 g/mol. The first kappa shape index (κ1) is 39.9. The fourth-order valence-corrected chi connectivity index (χ4v) is 3.58. The van der Waals surface area contributed by atoms with Crippen LogP contribution >= 0.6 is 0 Å². The van der Waals surface area contributed by atoms with Crippen molar-refractivity contribution in [1.82, 2.24) is 0 Å². The zero-order chi connectivity index (χ0) is 29.9. The Morgan fingerprint density at radius 2 is 1.35 bits per heavy atom. The minimum Gasteiger partial charge on any atom is -1.00 e. The zero-order valence-corrected chi connectivity index (χ0v) is 26.7. The molecule has 1 heterocycles. The third kappa shape index (κ3) is 15.8. The van der Waals surface area contributed by atoms with Crippen LogP contribution in [0.15, 0.2) is 97.1 Å². The first-order valence-electron chi connectivity index (χ1n) is 13.2. The number of rotatable bonds is 6. The molecule has 0 aromatic heterocycles. The van der Waals surface area contributed by atoms with Gasteiger partial charge >= 0.3 is 23.1 Å². The first-order chi connectivity index (χ1) is 19.9. The Morgan fingerprint density at radius 3 is 1.79 bits per heavy atom. The molecule has 1 fully saturated rings. The molecule has 1 aliphatic heterocycles. The van der Waals surface area contributed by atoms with E-state index in [9.17, 15) is 18.7 Å². The normalized spacial score (nSPS) is 11.7. The van der Waals surface area contributed by atoms with E-state index >= 15 is 0 Å². The first-order valence-corrected chi connectivity index (χ1v) is 13.2. The third-order valence-corrected chi connectivity index (χ3v) is 5.81. The second-order valence-corrected chi connectivity index (χ2v) is 8.92. The van der Waals surface area contributed by atoms with E-state index in [4.69, 9.17) is 9.47 Å². The smallest absolute Gasteiger partial charge is 1.00 e. The molecule has 0 spiro atoms. The molecule has 0 amide bonds. The molecule has 1 atom stereocenters. The zero-order valence-electron chi connectivity index (χ0n) is 24.6. The van der Waals surface area contributed by atoms with E-state index in [-0.39, 0.29) is 47.0 Å². The minimum atomic E-state index is -0.665. The molecule has 226 valence electrons. The number of ether oxygens (including phenoxy) is 3. The summed E-state index contributed by atoms with van der Waals surface area (Å²) in [6.07, 6.45) is 3.03. The second-order valence-electron chi connectivity index (χ2n) is 8.92. The Hall–Kier alpha value is -3.14. The van der Waals surface area contributed by atoms with E-state index in [0.717, 1.165) is 24.3 Å². The average Bonchev–Trinajstić information content (AvgIpc) is 3.60. The van der Waals surface area contributed by atoms with Gasteiger partial charge in [-0.2, -0.15) is 24.6 Å². The van der Waals surface area contributed by atoms with Gasteiger partial charge in [-0.25, -0.2) is 8.78 Å². The monoisotopic (exact) mass is 622 g/mol. The van der Waals surface area contributed by atoms with E-state index in [1.807, 2.05) is 60.7 Å². The van der Waals surface area contributed by atoms with Crippen LogP contribution < -0.4 is 21.9 Å². The van der Waals surface area contributed by atoms with Gasteiger partial charge in [0.05, 0.1) is 20.3 Å². The van der Waals surface area contributed by atoms with Gasteiger partial charge in [-0.05, 0) is 54.3 Å². The van der Waals surface area contributed by atoms with Crippen molar-refractivity contribution in [2.24, 2.45) is 0 Å². The number of hydrogen-bond donors (Lipinski definition) is 1. The van der Waals surface area contributed by atoms with Crippen LogP contribution in [0, 0.1) is 18.6 Å². The number of carbonyl (C=O) groups excluding carboxylic acids is 1. The van der Waals surface area contributed by atoms with Crippen molar-refractivity contribution < 1.29 is 45.3 Å². The van der Waals surface area contributed by atoms with Crippen molar-refractivity contribution in [2.75, 3.05) is 27.4 Å². The van der Waals surface area contributed by atoms with Gasteiger partial charge < -0.3 is 31.7 Å². The fourth-order valence-electron chi connectivity index (χ4n) is 3.58. The van der Waals surface area contributed by atoms with Crippen molar-refractivity contribution >= 4 is 29.3 Å². The summed E-state index contributed by atoms with van der Waals surface area (Å²) in [6.45, 7) is 5.72. The van der Waals surface area contributed by atoms with Crippen LogP contribution in [0.3, 0.4) is 0 Å². The van der Waals surface area contributed by atoms with E-state index in [1.54, 1.807) is 6.07 Å². The Labute approximate surface area is 275 Å². The number of aliphatic hydroxyl groups is 1. The summed E-state index contributed by atoms with van der Waals surface area (Å²) in [5.41, 5.74) is 3.16. The molecule has 0 radical (unpaired) electrons. The van der Waals surface area contributed by atoms with Crippen molar-refractivity contribution in [3.8, 4) is 11.5 Å². The van der Waals surface area contributed by atoms with Gasteiger partial charge in [0.2, 0.25) is 0 Å². The Kier molecular flexibility index (Phi) is 21.6. The maximum atomic E-state index is 13.3. The van der Waals surface area contributed by atoms with Gasteiger partial charge in [-0.3, -0.25) is 4.79 Å². The number of benzene rings is 4. The summed E-state index contributed by atoms with van der Waals surface area (Å²) in [5, 5.41) is 10.1. The summed E-state index contributed by atoms with van der Waals surface area (Å²) in [6, 6.07) is 27.9. The summed E-state index contributed by atoms with van der Waals surface area (Å²) >= 11 is 0. The second kappa shape index (κ2) is 23.3. The van der Waals surface area contributed by atoms with Crippen LogP contribution in [-0.4, -0.2) is 61.9 Å². The number of aldehydes is 1. The van der Waals surface area contributed by atoms with Gasteiger partial charge in [-0.15, -0.1) is 12.1 Å². The van der Waals surface area contributed by atoms with Crippen LogP contribution in [0.5, 0.6) is 11.5 Å². The van der Waals surface area contributed by atoms with Gasteiger partial charge in [-0.1, -0.05) is 42.5 Å². The quantitative estimate of drug-likeness (QED) is 0.200. The van der Waals surface area contributed by atoms with Crippen LogP contribution in [0.2, 0.25) is 0 Å². The van der Waals surface area contributed by atoms with Crippen LogP contribution in [0.25, 0.3) is 0 Å². The molecule has 1 saturated heterocycles. The standard InChI is InChI=1S/C15H15FO2.C8H7FO2.C7H7.C4H8O.ClH.Mg/c1-18-15-10-12(7-8-13(15)16)14(17)9-11-5-3-2-4-6-11;1-11-8-4-6(5-10)2-3-7(8)9;1-7-5-3-2-4-6-7;1-2-4-5-3-1;;/h2-8,10,14,17H,9H2,1H3;2-5H,1H3;2-6H,1H2;1-4H2;1H;/q;;-1;;;+2/p-1. The summed E-state index contributed by atoms with van der Waals surface area (Å²) in [7, 11) is 2.76. The molecule has 43 heavy (non-hydrogen) atoms. The Balaban J connectivity index is 0.000000601. The number of hydrogen-bond acceptors (Lipinski definition) is 5. The van der Waals surface area contributed by atoms with Crippen molar-refractivity contribution in [1.29, 1.82) is 0 Å². The van der Waals surface area contributed by atoms with Gasteiger partial charge in [0, 0.05) is 25.2 Å². The predicted octanol–water partition coefficient (Wildman–Crippen LogP) is 4.05. The molecule has 5 nitrogen and oxygen atoms in total. The van der Waals surface area contributed by atoms with Gasteiger partial charge in [0.1, 0.15) is 6.29 Å². The summed E-state index contributed by atoms with van der Waals surface area (Å²) < 4.78 is 40.4. The molecule has 0 saturated carbocycles. The summed E-state index contributed by atoms with van der Waals surface area (Å²) in [4.78, 5) is 10.2. The maximum absolute atomic E-state index is 13.3. The van der Waals surface area contributed by atoms with Crippen LogP contribution in [-0.2, 0) is 11.2 Å². The van der Waals surface area contributed by atoms with E-state index in [2.05, 4.69) is 11.7 Å². The number of methoxy groups -OCH3 is 2.